The van der Waals surface area contributed by atoms with E-state index in [0.717, 1.165) is 49.4 Å². The Labute approximate surface area is 152 Å². The second-order valence-electron chi connectivity index (χ2n) is 6.60. The van der Waals surface area contributed by atoms with Gasteiger partial charge in [-0.1, -0.05) is 0 Å². The summed E-state index contributed by atoms with van der Waals surface area (Å²) in [5.41, 5.74) is 0.775. The number of furan rings is 1. The maximum absolute atomic E-state index is 12.4. The molecule has 1 aliphatic rings. The molecule has 3 heterocycles. The number of carbonyl (C=O) groups excluding carboxylic acids is 2. The van der Waals surface area contributed by atoms with Crippen molar-refractivity contribution in [3.8, 4) is 0 Å². The van der Waals surface area contributed by atoms with E-state index in [1.165, 1.54) is 0 Å². The molecule has 0 saturated carbocycles. The van der Waals surface area contributed by atoms with Crippen LogP contribution < -0.4 is 5.32 Å². The molecule has 6 heteroatoms. The average molecular weight is 360 g/mol. The van der Waals surface area contributed by atoms with Crippen molar-refractivity contribution >= 4 is 23.2 Å². The lowest BCUT2D eigenvalue weighted by atomic mass is 9.93. The van der Waals surface area contributed by atoms with Crippen LogP contribution in [0.2, 0.25) is 0 Å². The molecule has 2 amide bonds. The van der Waals surface area contributed by atoms with Gasteiger partial charge in [-0.2, -0.15) is 11.3 Å². The summed E-state index contributed by atoms with van der Waals surface area (Å²) in [4.78, 5) is 26.4. The maximum atomic E-state index is 12.4. The number of nitrogens with zero attached hydrogens (tertiary/aromatic N) is 1. The van der Waals surface area contributed by atoms with E-state index in [4.69, 9.17) is 4.42 Å². The number of amides is 2. The number of hydrogen-bond acceptors (Lipinski definition) is 4. The van der Waals surface area contributed by atoms with Gasteiger partial charge >= 0.3 is 0 Å². The molecule has 2 aromatic heterocycles. The monoisotopic (exact) mass is 360 g/mol. The summed E-state index contributed by atoms with van der Waals surface area (Å²) >= 11 is 1.54. The van der Waals surface area contributed by atoms with Crippen LogP contribution in [0.5, 0.6) is 0 Å². The molecular formula is C19H24N2O3S. The number of hydrogen-bond donors (Lipinski definition) is 1. The average Bonchev–Trinajstić information content (AvgIpc) is 3.29. The van der Waals surface area contributed by atoms with E-state index in [1.54, 1.807) is 11.3 Å². The van der Waals surface area contributed by atoms with Crippen molar-refractivity contribution in [3.05, 3.63) is 46.0 Å². The maximum Gasteiger partial charge on any atom is 0.254 e. The summed E-state index contributed by atoms with van der Waals surface area (Å²) in [6.45, 7) is 3.88. The number of thiophene rings is 1. The number of piperidine rings is 1. The van der Waals surface area contributed by atoms with Gasteiger partial charge in [-0.05, 0) is 55.7 Å². The Morgan fingerprint density at radius 3 is 2.96 bits per heavy atom. The van der Waals surface area contributed by atoms with Gasteiger partial charge in [0, 0.05) is 24.9 Å². The Bertz CT molecular complexity index is 708. The van der Waals surface area contributed by atoms with Gasteiger partial charge in [0.05, 0.1) is 12.1 Å². The normalized spacial score (nSPS) is 17.5. The zero-order chi connectivity index (χ0) is 17.6. The first-order chi connectivity index (χ1) is 12.1. The molecule has 5 nitrogen and oxygen atoms in total. The minimum absolute atomic E-state index is 0.0373. The number of carbonyl (C=O) groups is 2. The van der Waals surface area contributed by atoms with E-state index in [0.29, 0.717) is 18.9 Å². The molecule has 1 fully saturated rings. The van der Waals surface area contributed by atoms with Crippen molar-refractivity contribution in [1.29, 1.82) is 0 Å². The Morgan fingerprint density at radius 2 is 2.24 bits per heavy atom. The molecule has 0 spiro atoms. The van der Waals surface area contributed by atoms with Gasteiger partial charge in [0.1, 0.15) is 11.5 Å². The van der Waals surface area contributed by atoms with E-state index in [1.807, 2.05) is 40.8 Å². The van der Waals surface area contributed by atoms with E-state index in [9.17, 15) is 9.59 Å². The number of nitrogens with one attached hydrogen (secondary N) is 1. The molecule has 2 aromatic rings. The second kappa shape index (κ2) is 8.34. The molecule has 0 unspecified atom stereocenters. The van der Waals surface area contributed by atoms with Crippen molar-refractivity contribution in [2.24, 2.45) is 5.92 Å². The molecule has 1 aliphatic heterocycles. The first-order valence-corrected chi connectivity index (χ1v) is 9.69. The third-order valence-electron chi connectivity index (χ3n) is 4.61. The standard InChI is InChI=1S/C19H24N2O3S/c1-14-4-6-17(24-14)11-20-18(22)7-5-15-3-2-9-21(12-15)19(23)16-8-10-25-13-16/h4,6,8,10,13,15H,2-3,5,7,9,11-12H2,1H3,(H,20,22)/t15-/m1/s1. The number of rotatable bonds is 6. The molecule has 1 N–H and O–H groups in total. The molecule has 25 heavy (non-hydrogen) atoms. The lowest BCUT2D eigenvalue weighted by Gasteiger charge is -2.32. The highest BCUT2D eigenvalue weighted by molar-refractivity contribution is 7.08. The Balaban J connectivity index is 1.41. The molecule has 0 radical (unpaired) electrons. The third kappa shape index (κ3) is 4.95. The molecule has 134 valence electrons. The fraction of sp³-hybridized carbons (Fsp3) is 0.474. The first-order valence-electron chi connectivity index (χ1n) is 8.75. The van der Waals surface area contributed by atoms with Gasteiger partial charge in [-0.15, -0.1) is 0 Å². The summed E-state index contributed by atoms with van der Waals surface area (Å²) in [7, 11) is 0. The summed E-state index contributed by atoms with van der Waals surface area (Å²) in [6.07, 6.45) is 3.40. The van der Waals surface area contributed by atoms with Crippen molar-refractivity contribution in [1.82, 2.24) is 10.2 Å². The molecule has 1 atom stereocenters. The number of aryl methyl sites for hydroxylation is 1. The Kier molecular flexibility index (Phi) is 5.91. The highest BCUT2D eigenvalue weighted by atomic mass is 32.1. The van der Waals surface area contributed by atoms with Gasteiger partial charge in [-0.3, -0.25) is 9.59 Å². The summed E-state index contributed by atoms with van der Waals surface area (Å²) in [5.74, 6) is 2.17. The van der Waals surface area contributed by atoms with E-state index < -0.39 is 0 Å². The van der Waals surface area contributed by atoms with Gasteiger partial charge in [-0.25, -0.2) is 0 Å². The number of likely N-dealkylation sites (tertiary alicyclic amines) is 1. The van der Waals surface area contributed by atoms with Gasteiger partial charge in [0.15, 0.2) is 0 Å². The van der Waals surface area contributed by atoms with E-state index in [2.05, 4.69) is 5.32 Å². The highest BCUT2D eigenvalue weighted by Crippen LogP contribution is 2.23. The smallest absolute Gasteiger partial charge is 0.254 e. The van der Waals surface area contributed by atoms with Crippen LogP contribution in [0, 0.1) is 12.8 Å². The predicted octanol–water partition coefficient (Wildman–Crippen LogP) is 3.60. The SMILES string of the molecule is Cc1ccc(CNC(=O)CC[C@H]2CCCN(C(=O)c3ccsc3)C2)o1. The Hall–Kier alpha value is -2.08. The first kappa shape index (κ1) is 17.7. The van der Waals surface area contributed by atoms with E-state index >= 15 is 0 Å². The zero-order valence-electron chi connectivity index (χ0n) is 14.5. The summed E-state index contributed by atoms with van der Waals surface area (Å²) in [5, 5.41) is 6.72. The molecular weight excluding hydrogens is 336 g/mol. The van der Waals surface area contributed by atoms with E-state index in [-0.39, 0.29) is 11.8 Å². The van der Waals surface area contributed by atoms with Gasteiger partial charge < -0.3 is 14.6 Å². The van der Waals surface area contributed by atoms with Crippen molar-refractivity contribution in [3.63, 3.8) is 0 Å². The summed E-state index contributed by atoms with van der Waals surface area (Å²) in [6, 6.07) is 5.65. The van der Waals surface area contributed by atoms with Gasteiger partial charge in [0.2, 0.25) is 5.91 Å². The van der Waals surface area contributed by atoms with Crippen LogP contribution in [-0.2, 0) is 11.3 Å². The van der Waals surface area contributed by atoms with Crippen LogP contribution >= 0.6 is 11.3 Å². The van der Waals surface area contributed by atoms with Crippen LogP contribution in [-0.4, -0.2) is 29.8 Å². The quantitative estimate of drug-likeness (QED) is 0.856. The largest absolute Gasteiger partial charge is 0.465 e. The van der Waals surface area contributed by atoms with Crippen molar-refractivity contribution < 1.29 is 14.0 Å². The fourth-order valence-electron chi connectivity index (χ4n) is 3.24. The van der Waals surface area contributed by atoms with Crippen LogP contribution in [0.15, 0.2) is 33.4 Å². The minimum Gasteiger partial charge on any atom is -0.465 e. The lowest BCUT2D eigenvalue weighted by Crippen LogP contribution is -2.40. The topological polar surface area (TPSA) is 62.6 Å². The Morgan fingerprint density at radius 1 is 1.36 bits per heavy atom. The van der Waals surface area contributed by atoms with Crippen LogP contribution in [0.4, 0.5) is 0 Å². The fourth-order valence-corrected chi connectivity index (χ4v) is 3.87. The molecule has 1 saturated heterocycles. The molecule has 3 rings (SSSR count). The zero-order valence-corrected chi connectivity index (χ0v) is 15.3. The second-order valence-corrected chi connectivity index (χ2v) is 7.38. The molecule has 0 aromatic carbocycles. The highest BCUT2D eigenvalue weighted by Gasteiger charge is 2.25. The lowest BCUT2D eigenvalue weighted by molar-refractivity contribution is -0.121. The van der Waals surface area contributed by atoms with Crippen LogP contribution in [0.1, 0.15) is 47.6 Å². The van der Waals surface area contributed by atoms with Crippen molar-refractivity contribution in [2.45, 2.75) is 39.2 Å². The van der Waals surface area contributed by atoms with Crippen molar-refractivity contribution in [2.75, 3.05) is 13.1 Å². The predicted molar refractivity (Wildman–Crippen MR) is 97.5 cm³/mol. The van der Waals surface area contributed by atoms with Crippen LogP contribution in [0.3, 0.4) is 0 Å². The van der Waals surface area contributed by atoms with Gasteiger partial charge in [0.25, 0.3) is 5.91 Å². The molecule has 0 bridgehead atoms. The molecule has 0 aliphatic carbocycles. The van der Waals surface area contributed by atoms with Crippen LogP contribution in [0.25, 0.3) is 0 Å². The minimum atomic E-state index is 0.0373. The third-order valence-corrected chi connectivity index (χ3v) is 5.29. The summed E-state index contributed by atoms with van der Waals surface area (Å²) < 4.78 is 5.45.